The molecule has 0 fully saturated rings. The zero-order valence-electron chi connectivity index (χ0n) is 12.3. The van der Waals surface area contributed by atoms with E-state index in [1.807, 2.05) is 24.9 Å². The Morgan fingerprint density at radius 2 is 1.81 bits per heavy atom. The molecular formula is C17H20F2N2. The van der Waals surface area contributed by atoms with Crippen molar-refractivity contribution in [2.45, 2.75) is 26.1 Å². The summed E-state index contributed by atoms with van der Waals surface area (Å²) in [5, 5.41) is 0. The molecule has 0 aliphatic heterocycles. The first-order chi connectivity index (χ1) is 10.0. The maximum atomic E-state index is 14.0. The van der Waals surface area contributed by atoms with Gasteiger partial charge in [0, 0.05) is 30.3 Å². The first kappa shape index (κ1) is 15.6. The van der Waals surface area contributed by atoms with Crippen molar-refractivity contribution in [1.82, 2.24) is 4.90 Å². The van der Waals surface area contributed by atoms with Crippen molar-refractivity contribution in [2.24, 2.45) is 5.73 Å². The number of benzene rings is 2. The molecule has 0 heterocycles. The Hall–Kier alpha value is -1.78. The number of nitrogens with zero attached hydrogens (tertiary/aromatic N) is 1. The van der Waals surface area contributed by atoms with E-state index in [4.69, 9.17) is 5.73 Å². The topological polar surface area (TPSA) is 29.3 Å². The van der Waals surface area contributed by atoms with Gasteiger partial charge in [-0.3, -0.25) is 4.90 Å². The van der Waals surface area contributed by atoms with Gasteiger partial charge in [0.1, 0.15) is 11.6 Å². The lowest BCUT2D eigenvalue weighted by atomic mass is 10.1. The standard InChI is InChI=1S/C17H20F2N2/c1-12(15-5-3-4-6-16(15)18)21(2)11-14-8-7-13(10-20)9-17(14)19/h3-9,12H,10-11,20H2,1-2H3. The zero-order valence-corrected chi connectivity index (χ0v) is 12.3. The van der Waals surface area contributed by atoms with Crippen LogP contribution in [0.25, 0.3) is 0 Å². The molecule has 21 heavy (non-hydrogen) atoms. The second-order valence-electron chi connectivity index (χ2n) is 5.24. The van der Waals surface area contributed by atoms with Gasteiger partial charge in [0.05, 0.1) is 0 Å². The van der Waals surface area contributed by atoms with Gasteiger partial charge in [-0.15, -0.1) is 0 Å². The van der Waals surface area contributed by atoms with Crippen LogP contribution in [0.4, 0.5) is 8.78 Å². The van der Waals surface area contributed by atoms with Gasteiger partial charge < -0.3 is 5.73 Å². The molecule has 0 saturated heterocycles. The van der Waals surface area contributed by atoms with Crippen LogP contribution in [0.15, 0.2) is 42.5 Å². The molecule has 1 unspecified atom stereocenters. The third-order valence-electron chi connectivity index (χ3n) is 3.79. The fourth-order valence-corrected chi connectivity index (χ4v) is 2.30. The highest BCUT2D eigenvalue weighted by Crippen LogP contribution is 2.24. The molecule has 2 nitrogen and oxygen atoms in total. The van der Waals surface area contributed by atoms with Crippen LogP contribution in [0.3, 0.4) is 0 Å². The fourth-order valence-electron chi connectivity index (χ4n) is 2.30. The molecule has 2 rings (SSSR count). The van der Waals surface area contributed by atoms with Gasteiger partial charge in [-0.2, -0.15) is 0 Å². The number of halogens is 2. The van der Waals surface area contributed by atoms with Crippen LogP contribution in [0.5, 0.6) is 0 Å². The third-order valence-corrected chi connectivity index (χ3v) is 3.79. The summed E-state index contributed by atoms with van der Waals surface area (Å²) < 4.78 is 27.8. The number of hydrogen-bond acceptors (Lipinski definition) is 2. The van der Waals surface area contributed by atoms with E-state index in [9.17, 15) is 8.78 Å². The van der Waals surface area contributed by atoms with E-state index in [1.54, 1.807) is 24.3 Å². The first-order valence-electron chi connectivity index (χ1n) is 6.95. The Morgan fingerprint density at radius 1 is 1.10 bits per heavy atom. The van der Waals surface area contributed by atoms with Crippen LogP contribution in [-0.2, 0) is 13.1 Å². The smallest absolute Gasteiger partial charge is 0.128 e. The molecule has 2 aromatic rings. The van der Waals surface area contributed by atoms with Crippen LogP contribution in [0.2, 0.25) is 0 Å². The minimum atomic E-state index is -0.273. The summed E-state index contributed by atoms with van der Waals surface area (Å²) in [6.07, 6.45) is 0. The van der Waals surface area contributed by atoms with Crippen molar-refractivity contribution in [3.8, 4) is 0 Å². The average Bonchev–Trinajstić information content (AvgIpc) is 2.49. The fraction of sp³-hybridized carbons (Fsp3) is 0.294. The van der Waals surface area contributed by atoms with E-state index in [1.165, 1.54) is 12.1 Å². The molecule has 0 aliphatic rings. The maximum absolute atomic E-state index is 14.0. The van der Waals surface area contributed by atoms with Crippen molar-refractivity contribution >= 4 is 0 Å². The van der Waals surface area contributed by atoms with Crippen LogP contribution < -0.4 is 5.73 Å². The normalized spacial score (nSPS) is 12.7. The van der Waals surface area contributed by atoms with Crippen molar-refractivity contribution in [2.75, 3.05) is 7.05 Å². The third kappa shape index (κ3) is 3.65. The molecule has 1 atom stereocenters. The summed E-state index contributed by atoms with van der Waals surface area (Å²) in [5.74, 6) is -0.513. The van der Waals surface area contributed by atoms with Crippen LogP contribution in [0.1, 0.15) is 29.7 Å². The highest BCUT2D eigenvalue weighted by Gasteiger charge is 2.16. The summed E-state index contributed by atoms with van der Waals surface area (Å²) >= 11 is 0. The van der Waals surface area contributed by atoms with Gasteiger partial charge in [0.15, 0.2) is 0 Å². The quantitative estimate of drug-likeness (QED) is 0.911. The molecule has 2 N–H and O–H groups in total. The Balaban J connectivity index is 2.14. The molecule has 0 radical (unpaired) electrons. The summed E-state index contributed by atoms with van der Waals surface area (Å²) in [4.78, 5) is 1.92. The lowest BCUT2D eigenvalue weighted by Crippen LogP contribution is -2.23. The van der Waals surface area contributed by atoms with E-state index < -0.39 is 0 Å². The molecule has 0 bridgehead atoms. The Kier molecular flexibility index (Phi) is 5.04. The summed E-state index contributed by atoms with van der Waals surface area (Å²) in [5.41, 5.74) is 7.45. The zero-order chi connectivity index (χ0) is 15.4. The minimum Gasteiger partial charge on any atom is -0.326 e. The van der Waals surface area contributed by atoms with Gasteiger partial charge in [0.25, 0.3) is 0 Å². The molecule has 0 spiro atoms. The summed E-state index contributed by atoms with van der Waals surface area (Å²) in [6, 6.07) is 11.5. The summed E-state index contributed by atoms with van der Waals surface area (Å²) in [7, 11) is 1.85. The first-order valence-corrected chi connectivity index (χ1v) is 6.95. The highest BCUT2D eigenvalue weighted by molar-refractivity contribution is 5.25. The van der Waals surface area contributed by atoms with Crippen LogP contribution >= 0.6 is 0 Å². The second kappa shape index (κ2) is 6.78. The molecule has 0 aromatic heterocycles. The van der Waals surface area contributed by atoms with Crippen LogP contribution in [-0.4, -0.2) is 11.9 Å². The number of nitrogens with two attached hydrogens (primary N) is 1. The second-order valence-corrected chi connectivity index (χ2v) is 5.24. The number of rotatable bonds is 5. The Morgan fingerprint density at radius 3 is 2.43 bits per heavy atom. The van der Waals surface area contributed by atoms with E-state index in [0.717, 1.165) is 5.56 Å². The van der Waals surface area contributed by atoms with Gasteiger partial charge in [-0.25, -0.2) is 8.78 Å². The predicted octanol–water partition coefficient (Wildman–Crippen LogP) is 3.62. The molecule has 0 amide bonds. The molecule has 2 aromatic carbocycles. The molecular weight excluding hydrogens is 270 g/mol. The van der Waals surface area contributed by atoms with Crippen LogP contribution in [0, 0.1) is 11.6 Å². The van der Waals surface area contributed by atoms with Gasteiger partial charge >= 0.3 is 0 Å². The van der Waals surface area contributed by atoms with Gasteiger partial charge in [0.2, 0.25) is 0 Å². The van der Waals surface area contributed by atoms with Gasteiger partial charge in [-0.05, 0) is 31.7 Å². The van der Waals surface area contributed by atoms with E-state index >= 15 is 0 Å². The predicted molar refractivity (Wildman–Crippen MR) is 80.6 cm³/mol. The highest BCUT2D eigenvalue weighted by atomic mass is 19.1. The lowest BCUT2D eigenvalue weighted by Gasteiger charge is -2.25. The summed E-state index contributed by atoms with van der Waals surface area (Å²) in [6.45, 7) is 2.63. The molecule has 112 valence electrons. The van der Waals surface area contributed by atoms with Crippen molar-refractivity contribution < 1.29 is 8.78 Å². The van der Waals surface area contributed by atoms with E-state index in [2.05, 4.69) is 0 Å². The Bertz CT molecular complexity index is 613. The number of hydrogen-bond donors (Lipinski definition) is 1. The van der Waals surface area contributed by atoms with E-state index in [-0.39, 0.29) is 17.7 Å². The molecule has 0 aliphatic carbocycles. The Labute approximate surface area is 124 Å². The average molecular weight is 290 g/mol. The van der Waals surface area contributed by atoms with Crippen molar-refractivity contribution in [3.05, 3.63) is 70.8 Å². The molecule has 0 saturated carbocycles. The largest absolute Gasteiger partial charge is 0.326 e. The van der Waals surface area contributed by atoms with Crippen molar-refractivity contribution in [3.63, 3.8) is 0 Å². The molecule has 4 heteroatoms. The lowest BCUT2D eigenvalue weighted by molar-refractivity contribution is 0.244. The minimum absolute atomic E-state index is 0.139. The van der Waals surface area contributed by atoms with Gasteiger partial charge in [-0.1, -0.05) is 30.3 Å². The maximum Gasteiger partial charge on any atom is 0.128 e. The SMILES string of the molecule is CC(c1ccccc1F)N(C)Cc1ccc(CN)cc1F. The monoisotopic (exact) mass is 290 g/mol. The van der Waals surface area contributed by atoms with Crippen molar-refractivity contribution in [1.29, 1.82) is 0 Å². The van der Waals surface area contributed by atoms with E-state index in [0.29, 0.717) is 24.2 Å².